The highest BCUT2D eigenvalue weighted by Crippen LogP contribution is 2.58. The average Bonchev–Trinajstić information content (AvgIpc) is 3.06. The number of hydrogen-bond donors (Lipinski definition) is 0. The van der Waals surface area contributed by atoms with Crippen LogP contribution in [0.15, 0.2) is 62.7 Å². The Bertz CT molecular complexity index is 699. The van der Waals surface area contributed by atoms with Gasteiger partial charge in [-0.25, -0.2) is 4.21 Å². The zero-order valence-electron chi connectivity index (χ0n) is 13.0. The van der Waals surface area contributed by atoms with Gasteiger partial charge in [0.2, 0.25) is 0 Å². The summed E-state index contributed by atoms with van der Waals surface area (Å²) in [5.74, 6) is 0.434. The van der Waals surface area contributed by atoms with Crippen molar-refractivity contribution in [2.75, 3.05) is 13.2 Å². The van der Waals surface area contributed by atoms with Gasteiger partial charge >= 0.3 is 7.60 Å². The van der Waals surface area contributed by atoms with Gasteiger partial charge in [-0.15, -0.1) is 0 Å². The molecule has 0 aliphatic carbocycles. The molecule has 124 valence electrons. The Kier molecular flexibility index (Phi) is 6.54. The molecule has 23 heavy (non-hydrogen) atoms. The van der Waals surface area contributed by atoms with Gasteiger partial charge in [-0.1, -0.05) is 18.2 Å². The summed E-state index contributed by atoms with van der Waals surface area (Å²) in [6.07, 6.45) is 2.95. The first kappa shape index (κ1) is 17.9. The van der Waals surface area contributed by atoms with E-state index in [2.05, 4.69) is 0 Å². The van der Waals surface area contributed by atoms with Gasteiger partial charge in [0.05, 0.1) is 30.3 Å². The van der Waals surface area contributed by atoms with Gasteiger partial charge in [-0.2, -0.15) is 0 Å². The standard InChI is InChI=1S/C16H19O5PS/c1-3-20-22(17,21-4-2)16(13-14-9-8-12-19-14)23(18)15-10-6-5-7-11-15/h5-13H,3-4H2,1-2H3/b16-13+. The molecule has 0 amide bonds. The molecule has 5 nitrogen and oxygen atoms in total. The van der Waals surface area contributed by atoms with Gasteiger partial charge in [0.25, 0.3) is 0 Å². The lowest BCUT2D eigenvalue weighted by molar-refractivity contribution is 0.228. The molecule has 0 aliphatic rings. The Labute approximate surface area is 138 Å². The van der Waals surface area contributed by atoms with E-state index < -0.39 is 18.4 Å². The summed E-state index contributed by atoms with van der Waals surface area (Å²) < 4.78 is 42.1. The summed E-state index contributed by atoms with van der Waals surface area (Å²) in [7, 11) is -5.38. The molecule has 0 bridgehead atoms. The predicted molar refractivity (Wildman–Crippen MR) is 90.4 cm³/mol. The molecule has 0 fully saturated rings. The van der Waals surface area contributed by atoms with Crippen LogP contribution in [0, 0.1) is 0 Å². The molecule has 2 rings (SSSR count). The molecule has 1 atom stereocenters. The van der Waals surface area contributed by atoms with E-state index in [1.165, 1.54) is 12.3 Å². The maximum Gasteiger partial charge on any atom is 0.370 e. The van der Waals surface area contributed by atoms with Crippen LogP contribution >= 0.6 is 7.60 Å². The Morgan fingerprint density at radius 3 is 2.30 bits per heavy atom. The predicted octanol–water partition coefficient (Wildman–Crippen LogP) is 4.65. The van der Waals surface area contributed by atoms with E-state index in [-0.39, 0.29) is 17.9 Å². The van der Waals surface area contributed by atoms with Gasteiger partial charge in [-0.3, -0.25) is 4.57 Å². The molecular formula is C16H19O5PS. The summed E-state index contributed by atoms with van der Waals surface area (Å²) in [5, 5.41) is 0. The largest absolute Gasteiger partial charge is 0.465 e. The van der Waals surface area contributed by atoms with Crippen molar-refractivity contribution >= 4 is 24.5 Å². The fourth-order valence-corrected chi connectivity index (χ4v) is 5.51. The fourth-order valence-electron chi connectivity index (χ4n) is 1.90. The topological polar surface area (TPSA) is 65.7 Å². The van der Waals surface area contributed by atoms with Crippen LogP contribution in [0.3, 0.4) is 0 Å². The van der Waals surface area contributed by atoms with Gasteiger partial charge in [0.1, 0.15) is 10.4 Å². The van der Waals surface area contributed by atoms with E-state index in [1.807, 2.05) is 6.07 Å². The smallest absolute Gasteiger partial charge is 0.370 e. The summed E-state index contributed by atoms with van der Waals surface area (Å²) in [6.45, 7) is 3.78. The van der Waals surface area contributed by atoms with Crippen LogP contribution in [-0.4, -0.2) is 17.4 Å². The highest BCUT2D eigenvalue weighted by molar-refractivity contribution is 7.98. The second-order valence-corrected chi connectivity index (χ2v) is 8.16. The van der Waals surface area contributed by atoms with E-state index in [0.717, 1.165) is 0 Å². The first-order valence-corrected chi connectivity index (χ1v) is 9.91. The number of benzene rings is 1. The Morgan fingerprint density at radius 2 is 1.78 bits per heavy atom. The minimum Gasteiger partial charge on any atom is -0.465 e. The molecule has 0 aliphatic heterocycles. The summed E-state index contributed by atoms with van der Waals surface area (Å²) in [5.41, 5.74) is 0. The molecule has 1 aromatic heterocycles. The summed E-state index contributed by atoms with van der Waals surface area (Å²) in [4.78, 5) is 0.518. The van der Waals surface area contributed by atoms with E-state index in [9.17, 15) is 8.77 Å². The van der Waals surface area contributed by atoms with E-state index in [4.69, 9.17) is 13.5 Å². The average molecular weight is 354 g/mol. The zero-order valence-corrected chi connectivity index (χ0v) is 14.7. The van der Waals surface area contributed by atoms with Gasteiger partial charge in [0, 0.05) is 11.0 Å². The number of hydrogen-bond acceptors (Lipinski definition) is 5. The third kappa shape index (κ3) is 4.52. The first-order chi connectivity index (χ1) is 11.1. The highest BCUT2D eigenvalue weighted by Gasteiger charge is 2.35. The highest BCUT2D eigenvalue weighted by atomic mass is 32.2. The molecule has 0 N–H and O–H groups in total. The normalized spacial score (nSPS) is 13.9. The lowest BCUT2D eigenvalue weighted by atomic mass is 10.4. The fraction of sp³-hybridized carbons (Fsp3) is 0.250. The van der Waals surface area contributed by atoms with Crippen LogP contribution in [-0.2, 0) is 24.4 Å². The van der Waals surface area contributed by atoms with E-state index in [0.29, 0.717) is 10.7 Å². The SMILES string of the molecule is CCOP(=O)(OCC)/C(=C\c1ccco1)S(=O)c1ccccc1. The zero-order chi connectivity index (χ0) is 16.7. The van der Waals surface area contributed by atoms with Crippen molar-refractivity contribution < 1.29 is 22.2 Å². The molecule has 1 unspecified atom stereocenters. The van der Waals surface area contributed by atoms with Crippen molar-refractivity contribution in [1.29, 1.82) is 0 Å². The molecule has 0 saturated heterocycles. The molecule has 2 aromatic rings. The van der Waals surface area contributed by atoms with Gasteiger partial charge < -0.3 is 13.5 Å². The Hall–Kier alpha value is -1.46. The molecule has 0 saturated carbocycles. The van der Waals surface area contributed by atoms with Crippen LogP contribution in [0.25, 0.3) is 6.08 Å². The van der Waals surface area contributed by atoms with Crippen molar-refractivity contribution in [2.24, 2.45) is 0 Å². The Balaban J connectivity index is 2.51. The molecule has 1 heterocycles. The quantitative estimate of drug-likeness (QED) is 0.646. The molecule has 1 aromatic carbocycles. The van der Waals surface area contributed by atoms with Crippen LogP contribution in [0.1, 0.15) is 19.6 Å². The molecule has 0 radical (unpaired) electrons. The van der Waals surface area contributed by atoms with Crippen molar-refractivity contribution in [2.45, 2.75) is 18.7 Å². The maximum atomic E-state index is 13.1. The lowest BCUT2D eigenvalue weighted by Gasteiger charge is -2.19. The minimum atomic E-state index is -3.69. The van der Waals surface area contributed by atoms with Crippen molar-refractivity contribution in [1.82, 2.24) is 0 Å². The Morgan fingerprint density at radius 1 is 1.13 bits per heavy atom. The molecule has 0 spiro atoms. The van der Waals surface area contributed by atoms with Crippen molar-refractivity contribution in [3.63, 3.8) is 0 Å². The summed E-state index contributed by atoms with van der Waals surface area (Å²) in [6, 6.07) is 12.1. The van der Waals surface area contributed by atoms with Crippen molar-refractivity contribution in [3.05, 3.63) is 59.1 Å². The minimum absolute atomic E-state index is 0.0716. The number of furan rings is 1. The van der Waals surface area contributed by atoms with E-state index in [1.54, 1.807) is 50.2 Å². The molecule has 7 heteroatoms. The van der Waals surface area contributed by atoms with Gasteiger partial charge in [0.15, 0.2) is 0 Å². The van der Waals surface area contributed by atoms with Gasteiger partial charge in [-0.05, 0) is 38.1 Å². The third-order valence-electron chi connectivity index (χ3n) is 2.82. The van der Waals surface area contributed by atoms with Crippen LogP contribution in [0.4, 0.5) is 0 Å². The maximum absolute atomic E-state index is 13.1. The molecular weight excluding hydrogens is 335 g/mol. The lowest BCUT2D eigenvalue weighted by Crippen LogP contribution is -2.04. The van der Waals surface area contributed by atoms with Crippen LogP contribution < -0.4 is 0 Å². The third-order valence-corrected chi connectivity index (χ3v) is 7.06. The second-order valence-electron chi connectivity index (χ2n) is 4.41. The second kappa shape index (κ2) is 8.41. The van der Waals surface area contributed by atoms with E-state index >= 15 is 0 Å². The summed E-state index contributed by atoms with van der Waals surface area (Å²) >= 11 is 0. The van der Waals surface area contributed by atoms with Crippen molar-refractivity contribution in [3.8, 4) is 0 Å². The monoisotopic (exact) mass is 354 g/mol. The van der Waals surface area contributed by atoms with Crippen LogP contribution in [0.5, 0.6) is 0 Å². The first-order valence-electron chi connectivity index (χ1n) is 7.22. The number of rotatable bonds is 8. The van der Waals surface area contributed by atoms with Crippen LogP contribution in [0.2, 0.25) is 0 Å².